The fourth-order valence-electron chi connectivity index (χ4n) is 3.49. The Bertz CT molecular complexity index is 1250. The van der Waals surface area contributed by atoms with Gasteiger partial charge in [-0.2, -0.15) is 23.4 Å². The molecule has 160 valence electrons. The molecule has 5 rings (SSSR count). The maximum absolute atomic E-state index is 13.1. The van der Waals surface area contributed by atoms with Crippen molar-refractivity contribution in [3.05, 3.63) is 60.2 Å². The number of hydrogen-bond acceptors (Lipinski definition) is 5. The molecule has 1 aromatic carbocycles. The lowest BCUT2D eigenvalue weighted by atomic mass is 10.1. The van der Waals surface area contributed by atoms with Gasteiger partial charge in [0.25, 0.3) is 0 Å². The summed E-state index contributed by atoms with van der Waals surface area (Å²) in [4.78, 5) is 4.19. The molecule has 0 radical (unpaired) electrons. The lowest BCUT2D eigenvalue weighted by molar-refractivity contribution is -0.137. The van der Waals surface area contributed by atoms with Gasteiger partial charge in [0.1, 0.15) is 23.2 Å². The summed E-state index contributed by atoms with van der Waals surface area (Å²) in [6.45, 7) is 0. The van der Waals surface area contributed by atoms with Crippen LogP contribution in [-0.4, -0.2) is 29.1 Å². The van der Waals surface area contributed by atoms with E-state index in [1.807, 2.05) is 19.2 Å². The zero-order valence-corrected chi connectivity index (χ0v) is 17.1. The molecule has 1 aliphatic carbocycles. The Labute approximate surface area is 178 Å². The molecule has 1 atom stereocenters. The molecule has 0 saturated heterocycles. The highest BCUT2D eigenvalue weighted by Crippen LogP contribution is 2.46. The summed E-state index contributed by atoms with van der Waals surface area (Å²) in [5, 5.41) is 9.34. The van der Waals surface area contributed by atoms with Crippen molar-refractivity contribution in [2.24, 2.45) is 7.05 Å². The summed E-state index contributed by atoms with van der Waals surface area (Å²) in [6.07, 6.45) is 3.11. The van der Waals surface area contributed by atoms with E-state index in [0.717, 1.165) is 47.3 Å². The second kappa shape index (κ2) is 7.27. The van der Waals surface area contributed by atoms with Gasteiger partial charge in [-0.3, -0.25) is 4.68 Å². The van der Waals surface area contributed by atoms with Crippen LogP contribution in [0.2, 0.25) is 0 Å². The molecule has 11 heteroatoms. The van der Waals surface area contributed by atoms with E-state index in [4.69, 9.17) is 0 Å². The average Bonchev–Trinajstić information content (AvgIpc) is 3.33. The minimum Gasteiger partial charge on any atom is -0.588 e. The first kappa shape index (κ1) is 19.9. The number of aryl methyl sites for hydroxylation is 1. The van der Waals surface area contributed by atoms with Crippen LogP contribution in [0.5, 0.6) is 0 Å². The summed E-state index contributed by atoms with van der Waals surface area (Å²) < 4.78 is 57.4. The smallest absolute Gasteiger partial charge is 0.417 e. The van der Waals surface area contributed by atoms with Crippen molar-refractivity contribution in [1.29, 1.82) is 0 Å². The highest BCUT2D eigenvalue weighted by Gasteiger charge is 2.31. The topological polar surface area (TPSA) is 83.6 Å². The standard InChI is InChI=1S/C20H17F3N6OS/c1-28-19-13(8-25-28)4-6-16(12-2-3-12)18(19)27-31(30)15-10-26-29(11-15)17-7-5-14(9-24-17)20(21,22)23/h4-12,27H,2-3H2,1H3. The van der Waals surface area contributed by atoms with Crippen LogP contribution in [0.3, 0.4) is 0 Å². The molecule has 0 aliphatic heterocycles. The van der Waals surface area contributed by atoms with E-state index in [1.165, 1.54) is 23.1 Å². The predicted molar refractivity (Wildman–Crippen MR) is 109 cm³/mol. The van der Waals surface area contributed by atoms with Gasteiger partial charge in [0, 0.05) is 18.6 Å². The lowest BCUT2D eigenvalue weighted by Crippen LogP contribution is -2.15. The molecule has 3 heterocycles. The van der Waals surface area contributed by atoms with E-state index in [1.54, 1.807) is 10.9 Å². The Morgan fingerprint density at radius 2 is 1.90 bits per heavy atom. The summed E-state index contributed by atoms with van der Waals surface area (Å²) in [7, 11) is 1.83. The SMILES string of the molecule is Cn1ncc2ccc(C3CC3)c(N[S+]([O-])c3cnn(-c4ccc(C(F)(F)F)cn4)c3)c21. The number of nitrogens with zero attached hydrogens (tertiary/aromatic N) is 5. The van der Waals surface area contributed by atoms with Crippen LogP contribution < -0.4 is 4.72 Å². The molecule has 1 N–H and O–H groups in total. The van der Waals surface area contributed by atoms with Gasteiger partial charge in [-0.05, 0) is 36.5 Å². The number of hydrogen-bond donors (Lipinski definition) is 1. The maximum atomic E-state index is 13.1. The first-order valence-electron chi connectivity index (χ1n) is 9.52. The maximum Gasteiger partial charge on any atom is 0.417 e. The number of aromatic nitrogens is 5. The lowest BCUT2D eigenvalue weighted by Gasteiger charge is -2.15. The molecule has 4 aromatic rings. The van der Waals surface area contributed by atoms with E-state index in [9.17, 15) is 17.7 Å². The van der Waals surface area contributed by atoms with Gasteiger partial charge >= 0.3 is 6.18 Å². The third-order valence-electron chi connectivity index (χ3n) is 5.23. The Balaban J connectivity index is 1.43. The largest absolute Gasteiger partial charge is 0.588 e. The molecule has 1 saturated carbocycles. The third kappa shape index (κ3) is 3.74. The zero-order chi connectivity index (χ0) is 21.8. The highest BCUT2D eigenvalue weighted by molar-refractivity contribution is 7.92. The number of nitrogens with one attached hydrogen (secondary N) is 1. The van der Waals surface area contributed by atoms with Crippen molar-refractivity contribution < 1.29 is 17.7 Å². The molecule has 3 aromatic heterocycles. The van der Waals surface area contributed by atoms with Gasteiger partial charge in [-0.1, -0.05) is 12.1 Å². The van der Waals surface area contributed by atoms with Gasteiger partial charge in [-0.15, -0.1) is 0 Å². The number of alkyl halides is 3. The number of rotatable bonds is 5. The molecule has 0 bridgehead atoms. The quantitative estimate of drug-likeness (QED) is 0.465. The van der Waals surface area contributed by atoms with Gasteiger partial charge in [0.15, 0.2) is 5.82 Å². The Kier molecular flexibility index (Phi) is 4.67. The second-order valence-corrected chi connectivity index (χ2v) is 8.62. The predicted octanol–water partition coefficient (Wildman–Crippen LogP) is 4.18. The minimum atomic E-state index is -4.46. The number of benzene rings is 1. The van der Waals surface area contributed by atoms with Crippen molar-refractivity contribution >= 4 is 28.0 Å². The molecular weight excluding hydrogens is 429 g/mol. The molecule has 1 fully saturated rings. The zero-order valence-electron chi connectivity index (χ0n) is 16.3. The molecule has 1 aliphatic rings. The monoisotopic (exact) mass is 446 g/mol. The van der Waals surface area contributed by atoms with Crippen LogP contribution in [0.15, 0.2) is 53.9 Å². The summed E-state index contributed by atoms with van der Waals surface area (Å²) in [5.41, 5.74) is 1.90. The molecule has 7 nitrogen and oxygen atoms in total. The minimum absolute atomic E-state index is 0.198. The van der Waals surface area contributed by atoms with Crippen molar-refractivity contribution in [2.75, 3.05) is 4.72 Å². The number of anilines is 1. The van der Waals surface area contributed by atoms with Crippen molar-refractivity contribution in [1.82, 2.24) is 24.5 Å². The molecular formula is C20H17F3N6OS. The third-order valence-corrected chi connectivity index (χ3v) is 6.26. The molecule has 0 spiro atoms. The van der Waals surface area contributed by atoms with Crippen molar-refractivity contribution in [3.63, 3.8) is 0 Å². The normalized spacial score (nSPS) is 15.4. The van der Waals surface area contributed by atoms with Gasteiger partial charge in [-0.25, -0.2) is 14.4 Å². The molecule has 31 heavy (non-hydrogen) atoms. The molecule has 1 unspecified atom stereocenters. The van der Waals surface area contributed by atoms with E-state index in [0.29, 0.717) is 10.8 Å². The van der Waals surface area contributed by atoms with Crippen LogP contribution in [0.25, 0.3) is 16.7 Å². The first-order chi connectivity index (χ1) is 14.8. The Hall–Kier alpha value is -3.05. The van der Waals surface area contributed by atoms with Crippen LogP contribution in [-0.2, 0) is 24.6 Å². The second-order valence-electron chi connectivity index (χ2n) is 7.40. The number of pyridine rings is 1. The van der Waals surface area contributed by atoms with Gasteiger partial charge in [0.2, 0.25) is 4.90 Å². The number of fused-ring (bicyclic) bond motifs is 1. The van der Waals surface area contributed by atoms with Gasteiger partial charge in [0.05, 0.1) is 23.5 Å². The van der Waals surface area contributed by atoms with E-state index < -0.39 is 23.1 Å². The summed E-state index contributed by atoms with van der Waals surface area (Å²) in [6, 6.07) is 6.20. The van der Waals surface area contributed by atoms with Crippen LogP contribution in [0.1, 0.15) is 29.9 Å². The van der Waals surface area contributed by atoms with Crippen molar-refractivity contribution in [3.8, 4) is 5.82 Å². The summed E-state index contributed by atoms with van der Waals surface area (Å²) >= 11 is -1.64. The van der Waals surface area contributed by atoms with Crippen molar-refractivity contribution in [2.45, 2.75) is 29.8 Å². The molecule has 0 amide bonds. The van der Waals surface area contributed by atoms with Crippen LogP contribution in [0, 0.1) is 0 Å². The van der Waals surface area contributed by atoms with Crippen LogP contribution in [0.4, 0.5) is 18.9 Å². The number of halogens is 3. The first-order valence-corrected chi connectivity index (χ1v) is 10.7. The average molecular weight is 446 g/mol. The Morgan fingerprint density at radius 1 is 1.10 bits per heavy atom. The Morgan fingerprint density at radius 3 is 2.58 bits per heavy atom. The van der Waals surface area contributed by atoms with E-state index >= 15 is 0 Å². The van der Waals surface area contributed by atoms with E-state index in [-0.39, 0.29) is 5.82 Å². The fourth-order valence-corrected chi connectivity index (χ4v) is 4.35. The fraction of sp³-hybridized carbons (Fsp3) is 0.250. The van der Waals surface area contributed by atoms with E-state index in [2.05, 4.69) is 19.9 Å². The van der Waals surface area contributed by atoms with Crippen LogP contribution >= 0.6 is 0 Å². The highest BCUT2D eigenvalue weighted by atomic mass is 32.2. The summed E-state index contributed by atoms with van der Waals surface area (Å²) in [5.74, 6) is 0.626. The van der Waals surface area contributed by atoms with Gasteiger partial charge < -0.3 is 4.55 Å².